The van der Waals surface area contributed by atoms with Crippen molar-refractivity contribution >= 4 is 23.2 Å². The molecule has 1 saturated heterocycles. The van der Waals surface area contributed by atoms with Crippen molar-refractivity contribution in [2.75, 3.05) is 26.8 Å². The molecule has 1 aromatic rings. The lowest BCUT2D eigenvalue weighted by molar-refractivity contribution is -0.127. The number of piperidine rings is 1. The first-order chi connectivity index (χ1) is 10.1. The molecule has 1 aliphatic heterocycles. The molecule has 1 N–H and O–H groups in total. The summed E-state index contributed by atoms with van der Waals surface area (Å²) < 4.78 is 5.02. The summed E-state index contributed by atoms with van der Waals surface area (Å²) >= 11 is 1.44. The maximum absolute atomic E-state index is 12.3. The van der Waals surface area contributed by atoms with Crippen LogP contribution in [-0.2, 0) is 9.53 Å². The van der Waals surface area contributed by atoms with Gasteiger partial charge in [0.15, 0.2) is 0 Å². The number of likely N-dealkylation sites (tertiary alicyclic amines) is 1. The van der Waals surface area contributed by atoms with E-state index in [2.05, 4.69) is 5.32 Å². The Morgan fingerprint density at radius 2 is 2.38 bits per heavy atom. The molecule has 0 bridgehead atoms. The molecule has 2 heterocycles. The minimum absolute atomic E-state index is 0.00845. The summed E-state index contributed by atoms with van der Waals surface area (Å²) in [5, 5.41) is 4.84. The van der Waals surface area contributed by atoms with Crippen molar-refractivity contribution < 1.29 is 14.3 Å². The average molecular weight is 310 g/mol. The van der Waals surface area contributed by atoms with Crippen LogP contribution in [0.4, 0.5) is 0 Å². The smallest absolute Gasteiger partial charge is 0.263 e. The Labute approximate surface area is 129 Å². The Morgan fingerprint density at radius 3 is 3.05 bits per heavy atom. The molecule has 2 rings (SSSR count). The molecular weight excluding hydrogens is 288 g/mol. The molecule has 6 heteroatoms. The fraction of sp³-hybridized carbons (Fsp3) is 0.600. The largest absolute Gasteiger partial charge is 0.383 e. The summed E-state index contributed by atoms with van der Waals surface area (Å²) in [7, 11) is 1.62. The van der Waals surface area contributed by atoms with E-state index in [-0.39, 0.29) is 23.8 Å². The molecule has 2 unspecified atom stereocenters. The molecule has 2 amide bonds. The van der Waals surface area contributed by atoms with Crippen molar-refractivity contribution in [1.29, 1.82) is 0 Å². The van der Waals surface area contributed by atoms with Crippen LogP contribution in [0, 0.1) is 5.92 Å². The van der Waals surface area contributed by atoms with E-state index in [0.29, 0.717) is 13.2 Å². The molecule has 0 aromatic carbocycles. The Hall–Kier alpha value is -1.40. The van der Waals surface area contributed by atoms with Crippen molar-refractivity contribution in [1.82, 2.24) is 10.2 Å². The van der Waals surface area contributed by atoms with E-state index in [1.165, 1.54) is 11.3 Å². The topological polar surface area (TPSA) is 58.6 Å². The highest BCUT2D eigenvalue weighted by atomic mass is 32.1. The van der Waals surface area contributed by atoms with Gasteiger partial charge in [-0.05, 0) is 31.2 Å². The van der Waals surface area contributed by atoms with Gasteiger partial charge >= 0.3 is 0 Å². The van der Waals surface area contributed by atoms with Gasteiger partial charge < -0.3 is 15.0 Å². The van der Waals surface area contributed by atoms with Gasteiger partial charge in [-0.3, -0.25) is 9.59 Å². The zero-order valence-corrected chi connectivity index (χ0v) is 13.3. The van der Waals surface area contributed by atoms with E-state index in [4.69, 9.17) is 4.74 Å². The van der Waals surface area contributed by atoms with Gasteiger partial charge in [-0.2, -0.15) is 0 Å². The zero-order valence-electron chi connectivity index (χ0n) is 12.5. The molecule has 21 heavy (non-hydrogen) atoms. The van der Waals surface area contributed by atoms with Gasteiger partial charge in [0.25, 0.3) is 5.91 Å². The van der Waals surface area contributed by atoms with Gasteiger partial charge in [-0.25, -0.2) is 0 Å². The standard InChI is InChI=1S/C15H22N2O3S/c1-11(10-20-2)16-14(18)12-5-3-7-17(9-12)15(19)13-6-4-8-21-13/h4,6,8,11-12H,3,5,7,9-10H2,1-2H3,(H,16,18). The summed E-state index contributed by atoms with van der Waals surface area (Å²) in [4.78, 5) is 27.1. The summed E-state index contributed by atoms with van der Waals surface area (Å²) in [5.41, 5.74) is 0. The second-order valence-corrected chi connectivity index (χ2v) is 6.38. The molecule has 116 valence electrons. The highest BCUT2D eigenvalue weighted by Crippen LogP contribution is 2.20. The number of hydrogen-bond donors (Lipinski definition) is 1. The lowest BCUT2D eigenvalue weighted by atomic mass is 9.96. The second-order valence-electron chi connectivity index (χ2n) is 5.43. The van der Waals surface area contributed by atoms with Gasteiger partial charge in [-0.15, -0.1) is 11.3 Å². The van der Waals surface area contributed by atoms with E-state index in [9.17, 15) is 9.59 Å². The number of thiophene rings is 1. The molecule has 0 aliphatic carbocycles. The van der Waals surface area contributed by atoms with E-state index >= 15 is 0 Å². The quantitative estimate of drug-likeness (QED) is 0.901. The maximum atomic E-state index is 12.3. The minimum atomic E-state index is -0.123. The molecule has 1 fully saturated rings. The SMILES string of the molecule is COCC(C)NC(=O)C1CCCN(C(=O)c2cccs2)C1. The first-order valence-corrected chi connectivity index (χ1v) is 8.12. The average Bonchev–Trinajstić information content (AvgIpc) is 3.01. The summed E-state index contributed by atoms with van der Waals surface area (Å²) in [5.74, 6) is -0.0716. The van der Waals surface area contributed by atoms with Crippen molar-refractivity contribution in [3.63, 3.8) is 0 Å². The normalized spacial score (nSPS) is 20.1. The van der Waals surface area contributed by atoms with Crippen LogP contribution in [-0.4, -0.2) is 49.6 Å². The van der Waals surface area contributed by atoms with Gasteiger partial charge in [0, 0.05) is 26.2 Å². The maximum Gasteiger partial charge on any atom is 0.263 e. The number of methoxy groups -OCH3 is 1. The lowest BCUT2D eigenvalue weighted by Gasteiger charge is -2.32. The van der Waals surface area contributed by atoms with E-state index in [1.54, 1.807) is 12.0 Å². The van der Waals surface area contributed by atoms with Crippen LogP contribution in [0.1, 0.15) is 29.4 Å². The Balaban J connectivity index is 1.91. The first-order valence-electron chi connectivity index (χ1n) is 7.24. The molecule has 1 aromatic heterocycles. The number of hydrogen-bond acceptors (Lipinski definition) is 4. The molecule has 0 spiro atoms. The predicted molar refractivity (Wildman–Crippen MR) is 82.4 cm³/mol. The summed E-state index contributed by atoms with van der Waals surface area (Å²) in [6.45, 7) is 3.64. The molecule has 5 nitrogen and oxygen atoms in total. The predicted octanol–water partition coefficient (Wildman–Crippen LogP) is 1.75. The number of amides is 2. The van der Waals surface area contributed by atoms with E-state index in [0.717, 1.165) is 24.3 Å². The van der Waals surface area contributed by atoms with Gasteiger partial charge in [0.05, 0.1) is 17.4 Å². The fourth-order valence-corrected chi connectivity index (χ4v) is 3.27. The van der Waals surface area contributed by atoms with Crippen LogP contribution >= 0.6 is 11.3 Å². The van der Waals surface area contributed by atoms with Crippen molar-refractivity contribution in [2.45, 2.75) is 25.8 Å². The van der Waals surface area contributed by atoms with Crippen molar-refractivity contribution in [3.8, 4) is 0 Å². The summed E-state index contributed by atoms with van der Waals surface area (Å²) in [6, 6.07) is 3.70. The van der Waals surface area contributed by atoms with Crippen LogP contribution < -0.4 is 5.32 Å². The number of rotatable bonds is 5. The molecule has 1 aliphatic rings. The van der Waals surface area contributed by atoms with Crippen LogP contribution in [0.2, 0.25) is 0 Å². The fourth-order valence-electron chi connectivity index (χ4n) is 2.58. The number of carbonyl (C=O) groups is 2. The highest BCUT2D eigenvalue weighted by Gasteiger charge is 2.29. The van der Waals surface area contributed by atoms with Gasteiger partial charge in [0.1, 0.15) is 0 Å². The molecule has 2 atom stereocenters. The van der Waals surface area contributed by atoms with Crippen LogP contribution in [0.3, 0.4) is 0 Å². The molecule has 0 radical (unpaired) electrons. The first kappa shape index (κ1) is 16.0. The Morgan fingerprint density at radius 1 is 1.57 bits per heavy atom. The van der Waals surface area contributed by atoms with Crippen molar-refractivity contribution in [2.24, 2.45) is 5.92 Å². The Kier molecular flexibility index (Phi) is 5.76. The molecular formula is C15H22N2O3S. The van der Waals surface area contributed by atoms with Gasteiger partial charge in [0.2, 0.25) is 5.91 Å². The number of ether oxygens (including phenoxy) is 1. The van der Waals surface area contributed by atoms with E-state index in [1.807, 2.05) is 24.4 Å². The van der Waals surface area contributed by atoms with Crippen LogP contribution in [0.25, 0.3) is 0 Å². The highest BCUT2D eigenvalue weighted by molar-refractivity contribution is 7.12. The van der Waals surface area contributed by atoms with Crippen LogP contribution in [0.15, 0.2) is 17.5 Å². The summed E-state index contributed by atoms with van der Waals surface area (Å²) in [6.07, 6.45) is 1.70. The number of nitrogens with zero attached hydrogens (tertiary/aromatic N) is 1. The minimum Gasteiger partial charge on any atom is -0.383 e. The van der Waals surface area contributed by atoms with E-state index < -0.39 is 0 Å². The van der Waals surface area contributed by atoms with Crippen LogP contribution in [0.5, 0.6) is 0 Å². The monoisotopic (exact) mass is 310 g/mol. The van der Waals surface area contributed by atoms with Gasteiger partial charge in [-0.1, -0.05) is 6.07 Å². The number of nitrogens with one attached hydrogen (secondary N) is 1. The number of carbonyl (C=O) groups excluding carboxylic acids is 2. The Bertz CT molecular complexity index is 475. The third-order valence-electron chi connectivity index (χ3n) is 3.62. The second kappa shape index (κ2) is 7.56. The molecule has 0 saturated carbocycles. The third kappa shape index (κ3) is 4.28. The zero-order chi connectivity index (χ0) is 15.2. The lowest BCUT2D eigenvalue weighted by Crippen LogP contribution is -2.47. The third-order valence-corrected chi connectivity index (χ3v) is 4.47. The van der Waals surface area contributed by atoms with Crippen molar-refractivity contribution in [3.05, 3.63) is 22.4 Å².